The molecule has 0 saturated heterocycles. The van der Waals surface area contributed by atoms with Crippen molar-refractivity contribution in [1.29, 1.82) is 0 Å². The van der Waals surface area contributed by atoms with Crippen molar-refractivity contribution in [2.75, 3.05) is 0 Å². The summed E-state index contributed by atoms with van der Waals surface area (Å²) in [6, 6.07) is 0. The molecule has 0 atom stereocenters. The van der Waals surface area contributed by atoms with Crippen molar-refractivity contribution < 1.29 is 0 Å². The molecule has 0 saturated carbocycles. The first-order valence-corrected chi connectivity index (χ1v) is 6.24. The molecule has 0 aliphatic heterocycles. The van der Waals surface area contributed by atoms with Crippen LogP contribution in [0.1, 0.15) is 56.5 Å². The van der Waals surface area contributed by atoms with Crippen LogP contribution >= 0.6 is 11.3 Å². The van der Waals surface area contributed by atoms with Crippen LogP contribution < -0.4 is 0 Å². The molecular formula is C11H20N2S. The van der Waals surface area contributed by atoms with E-state index in [-0.39, 0.29) is 5.41 Å². The maximum atomic E-state index is 4.29. The summed E-state index contributed by atoms with van der Waals surface area (Å²) in [5, 5.41) is 10.7. The molecule has 1 heterocycles. The van der Waals surface area contributed by atoms with Gasteiger partial charge in [0.15, 0.2) is 0 Å². The van der Waals surface area contributed by atoms with E-state index in [4.69, 9.17) is 0 Å². The smallest absolute Gasteiger partial charge is 0.123 e. The van der Waals surface area contributed by atoms with Gasteiger partial charge in [-0.25, -0.2) is 0 Å². The Kier molecular flexibility index (Phi) is 4.05. The molecule has 0 bridgehead atoms. The number of rotatable bonds is 5. The summed E-state index contributed by atoms with van der Waals surface area (Å²) in [4.78, 5) is 0. The zero-order chi connectivity index (χ0) is 10.6. The first-order valence-electron chi connectivity index (χ1n) is 5.43. The van der Waals surface area contributed by atoms with Gasteiger partial charge in [-0.15, -0.1) is 21.5 Å². The van der Waals surface area contributed by atoms with Crippen molar-refractivity contribution in [3.05, 3.63) is 10.0 Å². The summed E-state index contributed by atoms with van der Waals surface area (Å²) in [5.74, 6) is 0. The third-order valence-corrected chi connectivity index (χ3v) is 3.79. The average molecular weight is 212 g/mol. The highest BCUT2D eigenvalue weighted by molar-refractivity contribution is 7.11. The lowest BCUT2D eigenvalue weighted by Crippen LogP contribution is -2.21. The third kappa shape index (κ3) is 2.53. The summed E-state index contributed by atoms with van der Waals surface area (Å²) in [7, 11) is 0. The second-order valence-corrected chi connectivity index (χ2v) is 5.37. The SMILES string of the molecule is CCCC(C)(CCC)c1nnc(C)s1. The van der Waals surface area contributed by atoms with Crippen molar-refractivity contribution in [2.45, 2.75) is 58.8 Å². The Bertz CT molecular complexity index is 275. The fourth-order valence-electron chi connectivity index (χ4n) is 1.98. The highest BCUT2D eigenvalue weighted by Gasteiger charge is 2.28. The van der Waals surface area contributed by atoms with Crippen molar-refractivity contribution >= 4 is 11.3 Å². The Labute approximate surface area is 90.8 Å². The topological polar surface area (TPSA) is 25.8 Å². The fourth-order valence-corrected chi connectivity index (χ4v) is 2.88. The Hall–Kier alpha value is -0.440. The molecule has 14 heavy (non-hydrogen) atoms. The van der Waals surface area contributed by atoms with E-state index < -0.39 is 0 Å². The van der Waals surface area contributed by atoms with Gasteiger partial charge in [-0.3, -0.25) is 0 Å². The summed E-state index contributed by atoms with van der Waals surface area (Å²) in [5.41, 5.74) is 0.259. The first-order chi connectivity index (χ1) is 6.62. The maximum Gasteiger partial charge on any atom is 0.123 e. The highest BCUT2D eigenvalue weighted by Crippen LogP contribution is 2.35. The molecule has 0 aromatic carbocycles. The zero-order valence-corrected chi connectivity index (χ0v) is 10.4. The Morgan fingerprint density at radius 1 is 1.14 bits per heavy atom. The van der Waals surface area contributed by atoms with Crippen molar-refractivity contribution in [1.82, 2.24) is 10.2 Å². The normalized spacial score (nSPS) is 12.0. The van der Waals surface area contributed by atoms with E-state index in [9.17, 15) is 0 Å². The monoisotopic (exact) mass is 212 g/mol. The second-order valence-electron chi connectivity index (χ2n) is 4.19. The van der Waals surface area contributed by atoms with E-state index in [2.05, 4.69) is 31.0 Å². The van der Waals surface area contributed by atoms with Gasteiger partial charge in [0, 0.05) is 5.41 Å². The molecule has 3 heteroatoms. The van der Waals surface area contributed by atoms with Gasteiger partial charge in [0.1, 0.15) is 10.0 Å². The van der Waals surface area contributed by atoms with E-state index in [1.807, 2.05) is 6.92 Å². The minimum absolute atomic E-state index is 0.259. The van der Waals surface area contributed by atoms with Crippen LogP contribution in [0.4, 0.5) is 0 Å². The van der Waals surface area contributed by atoms with E-state index in [0.29, 0.717) is 0 Å². The molecule has 0 unspecified atom stereocenters. The predicted molar refractivity (Wildman–Crippen MR) is 61.8 cm³/mol. The molecular weight excluding hydrogens is 192 g/mol. The van der Waals surface area contributed by atoms with E-state index in [1.165, 1.54) is 30.7 Å². The van der Waals surface area contributed by atoms with Crippen molar-refractivity contribution in [2.24, 2.45) is 0 Å². The number of nitrogens with zero attached hydrogens (tertiary/aromatic N) is 2. The molecule has 0 aliphatic carbocycles. The fraction of sp³-hybridized carbons (Fsp3) is 0.818. The van der Waals surface area contributed by atoms with Gasteiger partial charge in [0.2, 0.25) is 0 Å². The summed E-state index contributed by atoms with van der Waals surface area (Å²) >= 11 is 1.75. The molecule has 1 aromatic heterocycles. The zero-order valence-electron chi connectivity index (χ0n) is 9.63. The number of aryl methyl sites for hydroxylation is 1. The number of hydrogen-bond donors (Lipinski definition) is 0. The van der Waals surface area contributed by atoms with Crippen molar-refractivity contribution in [3.8, 4) is 0 Å². The van der Waals surface area contributed by atoms with Crippen LogP contribution in [0.2, 0.25) is 0 Å². The van der Waals surface area contributed by atoms with E-state index in [1.54, 1.807) is 11.3 Å². The number of hydrogen-bond acceptors (Lipinski definition) is 3. The van der Waals surface area contributed by atoms with Crippen LogP contribution in [-0.4, -0.2) is 10.2 Å². The third-order valence-electron chi connectivity index (χ3n) is 2.65. The lowest BCUT2D eigenvalue weighted by atomic mass is 9.82. The first kappa shape index (κ1) is 11.6. The molecule has 0 fully saturated rings. The summed E-state index contributed by atoms with van der Waals surface area (Å²) in [6.07, 6.45) is 4.87. The summed E-state index contributed by atoms with van der Waals surface area (Å²) < 4.78 is 0. The lowest BCUT2D eigenvalue weighted by molar-refractivity contribution is 0.387. The predicted octanol–water partition coefficient (Wildman–Crippen LogP) is 3.70. The van der Waals surface area contributed by atoms with Crippen LogP contribution in [0.15, 0.2) is 0 Å². The quantitative estimate of drug-likeness (QED) is 0.743. The standard InChI is InChI=1S/C11H20N2S/c1-5-7-11(4,8-6-2)10-13-12-9(3)14-10/h5-8H2,1-4H3. The van der Waals surface area contributed by atoms with E-state index >= 15 is 0 Å². The molecule has 0 spiro atoms. The van der Waals surface area contributed by atoms with Crippen LogP contribution in [0, 0.1) is 6.92 Å². The molecule has 80 valence electrons. The Morgan fingerprint density at radius 2 is 1.71 bits per heavy atom. The molecule has 2 nitrogen and oxygen atoms in total. The van der Waals surface area contributed by atoms with Gasteiger partial charge in [0.25, 0.3) is 0 Å². The largest absolute Gasteiger partial charge is 0.144 e. The Balaban J connectivity index is 2.86. The van der Waals surface area contributed by atoms with Gasteiger partial charge < -0.3 is 0 Å². The van der Waals surface area contributed by atoms with Gasteiger partial charge in [0.05, 0.1) is 0 Å². The van der Waals surface area contributed by atoms with Crippen molar-refractivity contribution in [3.63, 3.8) is 0 Å². The highest BCUT2D eigenvalue weighted by atomic mass is 32.1. The molecule has 1 rings (SSSR count). The molecule has 0 aliphatic rings. The number of aromatic nitrogens is 2. The Morgan fingerprint density at radius 3 is 2.07 bits per heavy atom. The van der Waals surface area contributed by atoms with Gasteiger partial charge >= 0.3 is 0 Å². The summed E-state index contributed by atoms with van der Waals surface area (Å²) in [6.45, 7) is 8.82. The van der Waals surface area contributed by atoms with Crippen LogP contribution in [0.25, 0.3) is 0 Å². The van der Waals surface area contributed by atoms with Gasteiger partial charge in [-0.2, -0.15) is 0 Å². The lowest BCUT2D eigenvalue weighted by Gasteiger charge is -2.25. The average Bonchev–Trinajstić information content (AvgIpc) is 2.53. The van der Waals surface area contributed by atoms with Crippen LogP contribution in [0.5, 0.6) is 0 Å². The van der Waals surface area contributed by atoms with Gasteiger partial charge in [-0.1, -0.05) is 33.6 Å². The van der Waals surface area contributed by atoms with Crippen LogP contribution in [0.3, 0.4) is 0 Å². The minimum Gasteiger partial charge on any atom is -0.144 e. The van der Waals surface area contributed by atoms with Gasteiger partial charge in [-0.05, 0) is 19.8 Å². The maximum absolute atomic E-state index is 4.29. The molecule has 0 radical (unpaired) electrons. The minimum atomic E-state index is 0.259. The molecule has 1 aromatic rings. The van der Waals surface area contributed by atoms with Crippen LogP contribution in [-0.2, 0) is 5.41 Å². The molecule has 0 N–H and O–H groups in total. The van der Waals surface area contributed by atoms with E-state index in [0.717, 1.165) is 5.01 Å². The molecule has 0 amide bonds. The second kappa shape index (κ2) is 4.87.